The number of rotatable bonds is 4. The summed E-state index contributed by atoms with van der Waals surface area (Å²) in [6.45, 7) is 5.60. The highest BCUT2D eigenvalue weighted by molar-refractivity contribution is 5.79. The number of ether oxygens (including phenoxy) is 1. The first kappa shape index (κ1) is 18.4. The fourth-order valence-electron chi connectivity index (χ4n) is 3.41. The van der Waals surface area contributed by atoms with Crippen molar-refractivity contribution in [2.24, 2.45) is 0 Å². The molecule has 5 heteroatoms. The Kier molecular flexibility index (Phi) is 5.26. The first-order chi connectivity index (χ1) is 13.6. The molecule has 1 fully saturated rings. The van der Waals surface area contributed by atoms with Crippen LogP contribution in [-0.4, -0.2) is 35.5 Å². The molecule has 2 heterocycles. The third kappa shape index (κ3) is 3.99. The highest BCUT2D eigenvalue weighted by Gasteiger charge is 2.26. The van der Waals surface area contributed by atoms with E-state index in [4.69, 9.17) is 9.15 Å². The van der Waals surface area contributed by atoms with E-state index in [0.717, 1.165) is 11.1 Å². The van der Waals surface area contributed by atoms with Gasteiger partial charge < -0.3 is 14.1 Å². The van der Waals surface area contributed by atoms with Crippen LogP contribution in [-0.2, 0) is 16.0 Å². The molecule has 2 aromatic carbocycles. The van der Waals surface area contributed by atoms with Crippen molar-refractivity contribution >= 4 is 5.91 Å². The Morgan fingerprint density at radius 3 is 2.61 bits per heavy atom. The van der Waals surface area contributed by atoms with Crippen molar-refractivity contribution in [1.82, 2.24) is 9.88 Å². The minimum atomic E-state index is -0.0829. The SMILES string of the molecule is Cc1ccc(-c2nc(CC(=O)N3CCOC(c4ccccc4)C3)c(C)o2)cc1. The molecule has 1 saturated heterocycles. The number of hydrogen-bond acceptors (Lipinski definition) is 4. The van der Waals surface area contributed by atoms with Crippen molar-refractivity contribution in [1.29, 1.82) is 0 Å². The van der Waals surface area contributed by atoms with E-state index in [1.807, 2.05) is 73.3 Å². The number of carbonyl (C=O) groups is 1. The summed E-state index contributed by atoms with van der Waals surface area (Å²) in [5.41, 5.74) is 3.90. The minimum Gasteiger partial charge on any atom is -0.441 e. The molecular formula is C23H24N2O3. The molecule has 0 spiro atoms. The number of aromatic nitrogens is 1. The molecule has 0 saturated carbocycles. The summed E-state index contributed by atoms with van der Waals surface area (Å²) in [4.78, 5) is 19.3. The van der Waals surface area contributed by atoms with E-state index in [2.05, 4.69) is 4.98 Å². The van der Waals surface area contributed by atoms with E-state index in [1.165, 1.54) is 5.56 Å². The molecule has 5 nitrogen and oxygen atoms in total. The number of oxazole rings is 1. The summed E-state index contributed by atoms with van der Waals surface area (Å²) in [5.74, 6) is 1.30. The molecule has 1 unspecified atom stereocenters. The average Bonchev–Trinajstić information content (AvgIpc) is 3.09. The van der Waals surface area contributed by atoms with Gasteiger partial charge in [-0.25, -0.2) is 4.98 Å². The van der Waals surface area contributed by atoms with E-state index >= 15 is 0 Å². The van der Waals surface area contributed by atoms with Gasteiger partial charge in [0, 0.05) is 12.1 Å². The fraction of sp³-hybridized carbons (Fsp3) is 0.304. The number of hydrogen-bond donors (Lipinski definition) is 0. The zero-order chi connectivity index (χ0) is 19.5. The Morgan fingerprint density at radius 2 is 1.86 bits per heavy atom. The third-order valence-corrected chi connectivity index (χ3v) is 5.10. The molecule has 0 bridgehead atoms. The summed E-state index contributed by atoms with van der Waals surface area (Å²) < 4.78 is 11.7. The summed E-state index contributed by atoms with van der Waals surface area (Å²) in [6.07, 6.45) is 0.156. The van der Waals surface area contributed by atoms with Crippen molar-refractivity contribution in [3.05, 3.63) is 77.2 Å². The van der Waals surface area contributed by atoms with Gasteiger partial charge in [-0.3, -0.25) is 4.79 Å². The Balaban J connectivity index is 1.45. The van der Waals surface area contributed by atoms with E-state index in [9.17, 15) is 4.79 Å². The minimum absolute atomic E-state index is 0.0519. The van der Waals surface area contributed by atoms with E-state index in [-0.39, 0.29) is 18.4 Å². The zero-order valence-electron chi connectivity index (χ0n) is 16.2. The van der Waals surface area contributed by atoms with Crippen LogP contribution < -0.4 is 0 Å². The van der Waals surface area contributed by atoms with Crippen LogP contribution in [0.3, 0.4) is 0 Å². The van der Waals surface area contributed by atoms with Gasteiger partial charge in [-0.1, -0.05) is 48.0 Å². The monoisotopic (exact) mass is 376 g/mol. The lowest BCUT2D eigenvalue weighted by atomic mass is 10.1. The lowest BCUT2D eigenvalue weighted by molar-refractivity contribution is -0.138. The van der Waals surface area contributed by atoms with Gasteiger partial charge in [-0.2, -0.15) is 0 Å². The quantitative estimate of drug-likeness (QED) is 0.688. The van der Waals surface area contributed by atoms with Crippen LogP contribution in [0.15, 0.2) is 59.0 Å². The Morgan fingerprint density at radius 1 is 1.11 bits per heavy atom. The number of aryl methyl sites for hydroxylation is 2. The Labute approximate surface area is 165 Å². The molecule has 1 aliphatic rings. The maximum absolute atomic E-state index is 12.9. The van der Waals surface area contributed by atoms with Crippen molar-refractivity contribution in [2.45, 2.75) is 26.4 Å². The van der Waals surface area contributed by atoms with Gasteiger partial charge >= 0.3 is 0 Å². The van der Waals surface area contributed by atoms with Gasteiger partial charge in [0.1, 0.15) is 11.9 Å². The number of nitrogens with zero attached hydrogens (tertiary/aromatic N) is 2. The number of carbonyl (C=O) groups excluding carboxylic acids is 1. The maximum Gasteiger partial charge on any atom is 0.228 e. The van der Waals surface area contributed by atoms with Crippen LogP contribution in [0, 0.1) is 13.8 Å². The van der Waals surface area contributed by atoms with Gasteiger partial charge in [0.25, 0.3) is 0 Å². The van der Waals surface area contributed by atoms with Crippen molar-refractivity contribution in [3.63, 3.8) is 0 Å². The highest BCUT2D eigenvalue weighted by Crippen LogP contribution is 2.25. The topological polar surface area (TPSA) is 55.6 Å². The second-order valence-electron chi connectivity index (χ2n) is 7.17. The van der Waals surface area contributed by atoms with Crippen LogP contribution >= 0.6 is 0 Å². The molecule has 1 aliphatic heterocycles. The van der Waals surface area contributed by atoms with Crippen LogP contribution in [0.1, 0.15) is 28.7 Å². The van der Waals surface area contributed by atoms with E-state index < -0.39 is 0 Å². The molecule has 1 aromatic heterocycles. The standard InChI is InChI=1S/C23H24N2O3/c1-16-8-10-19(11-9-16)23-24-20(17(2)28-23)14-22(26)25-12-13-27-21(15-25)18-6-4-3-5-7-18/h3-11,21H,12-15H2,1-2H3. The number of benzene rings is 2. The highest BCUT2D eigenvalue weighted by atomic mass is 16.5. The van der Waals surface area contributed by atoms with Gasteiger partial charge in [0.05, 0.1) is 25.3 Å². The molecule has 0 aliphatic carbocycles. The van der Waals surface area contributed by atoms with Crippen LogP contribution in [0.2, 0.25) is 0 Å². The third-order valence-electron chi connectivity index (χ3n) is 5.10. The molecule has 144 valence electrons. The van der Waals surface area contributed by atoms with Crippen molar-refractivity contribution < 1.29 is 13.9 Å². The van der Waals surface area contributed by atoms with Gasteiger partial charge in [-0.15, -0.1) is 0 Å². The van der Waals surface area contributed by atoms with E-state index in [0.29, 0.717) is 37.0 Å². The summed E-state index contributed by atoms with van der Waals surface area (Å²) in [7, 11) is 0. The molecule has 1 atom stereocenters. The normalized spacial score (nSPS) is 16.9. The number of morpholine rings is 1. The second kappa shape index (κ2) is 7.98. The Hall–Kier alpha value is -2.92. The first-order valence-corrected chi connectivity index (χ1v) is 9.58. The summed E-state index contributed by atoms with van der Waals surface area (Å²) in [6, 6.07) is 18.1. The molecule has 28 heavy (non-hydrogen) atoms. The van der Waals surface area contributed by atoms with Gasteiger partial charge in [0.2, 0.25) is 11.8 Å². The molecule has 0 N–H and O–H groups in total. The van der Waals surface area contributed by atoms with Crippen LogP contribution in [0.25, 0.3) is 11.5 Å². The van der Waals surface area contributed by atoms with E-state index in [1.54, 1.807) is 0 Å². The molecule has 3 aromatic rings. The lowest BCUT2D eigenvalue weighted by Crippen LogP contribution is -2.43. The van der Waals surface area contributed by atoms with Crippen molar-refractivity contribution in [3.8, 4) is 11.5 Å². The fourth-order valence-corrected chi connectivity index (χ4v) is 3.41. The molecule has 1 amide bonds. The maximum atomic E-state index is 12.9. The predicted molar refractivity (Wildman–Crippen MR) is 107 cm³/mol. The summed E-state index contributed by atoms with van der Waals surface area (Å²) in [5, 5.41) is 0. The largest absolute Gasteiger partial charge is 0.441 e. The lowest BCUT2D eigenvalue weighted by Gasteiger charge is -2.33. The number of amides is 1. The molecular weight excluding hydrogens is 352 g/mol. The summed E-state index contributed by atoms with van der Waals surface area (Å²) >= 11 is 0. The van der Waals surface area contributed by atoms with Gasteiger partial charge in [0.15, 0.2) is 0 Å². The predicted octanol–water partition coefficient (Wildman–Crippen LogP) is 4.10. The molecule has 0 radical (unpaired) electrons. The first-order valence-electron chi connectivity index (χ1n) is 9.58. The van der Waals surface area contributed by atoms with Crippen LogP contribution in [0.5, 0.6) is 0 Å². The van der Waals surface area contributed by atoms with Crippen molar-refractivity contribution in [2.75, 3.05) is 19.7 Å². The second-order valence-corrected chi connectivity index (χ2v) is 7.17. The van der Waals surface area contributed by atoms with Gasteiger partial charge in [-0.05, 0) is 31.5 Å². The van der Waals surface area contributed by atoms with Crippen LogP contribution in [0.4, 0.5) is 0 Å². The Bertz CT molecular complexity index is 948. The average molecular weight is 376 g/mol. The zero-order valence-corrected chi connectivity index (χ0v) is 16.2. The smallest absolute Gasteiger partial charge is 0.228 e. The molecule has 4 rings (SSSR count).